The van der Waals surface area contributed by atoms with Crippen molar-refractivity contribution in [2.24, 2.45) is 11.5 Å². The maximum atomic E-state index is 10.3. The van der Waals surface area contributed by atoms with Gasteiger partial charge in [-0.2, -0.15) is 0 Å². The van der Waals surface area contributed by atoms with Gasteiger partial charge in [-0.15, -0.1) is 0 Å². The quantitative estimate of drug-likeness (QED) is 0.245. The van der Waals surface area contributed by atoms with Crippen LogP contribution in [0.25, 0.3) is 0 Å². The number of aliphatic carboxylic acids is 3. The fourth-order valence-corrected chi connectivity index (χ4v) is 1.00. The summed E-state index contributed by atoms with van der Waals surface area (Å²) in [6.45, 7) is 1.11. The summed E-state index contributed by atoms with van der Waals surface area (Å²) >= 11 is 0. The monoisotopic (exact) mass is 355 g/mol. The molecule has 0 spiro atoms. The zero-order chi connectivity index (χ0) is 20.1. The molecule has 0 aromatic rings. The van der Waals surface area contributed by atoms with E-state index in [9.17, 15) is 19.5 Å². The minimum absolute atomic E-state index is 0.281. The Balaban J connectivity index is -0.000000335. The second-order valence-corrected chi connectivity index (χ2v) is 5.60. The van der Waals surface area contributed by atoms with E-state index in [-0.39, 0.29) is 6.61 Å². The molecule has 0 aromatic heterocycles. The average Bonchev–Trinajstić information content (AvgIpc) is 2.24. The number of carbonyl (C=O) groups excluding carboxylic acids is 2. The molecule has 0 aliphatic heterocycles. The summed E-state index contributed by atoms with van der Waals surface area (Å²) in [6, 6.07) is -0.833. The number of aliphatic hydroxyl groups excluding tert-OH is 1. The van der Waals surface area contributed by atoms with Gasteiger partial charge in [0, 0.05) is 12.4 Å². The molecule has 0 fully saturated rings. The molecular formula is C12H25N3O9. The lowest BCUT2D eigenvalue weighted by atomic mass is 9.96. The Morgan fingerprint density at radius 3 is 1.54 bits per heavy atom. The van der Waals surface area contributed by atoms with Gasteiger partial charge in [-0.1, -0.05) is 0 Å². The molecule has 12 heteroatoms. The van der Waals surface area contributed by atoms with E-state index in [1.807, 2.05) is 0 Å². The van der Waals surface area contributed by atoms with Gasteiger partial charge in [0.2, 0.25) is 0 Å². The van der Waals surface area contributed by atoms with Crippen LogP contribution in [0.1, 0.15) is 12.8 Å². The third-order valence-electron chi connectivity index (χ3n) is 2.05. The van der Waals surface area contributed by atoms with E-state index in [1.165, 1.54) is 0 Å². The van der Waals surface area contributed by atoms with Crippen LogP contribution in [0.15, 0.2) is 0 Å². The van der Waals surface area contributed by atoms with Crippen LogP contribution in [-0.4, -0.2) is 88.7 Å². The first-order chi connectivity index (χ1) is 10.6. The number of amides is 2. The van der Waals surface area contributed by atoms with Crippen molar-refractivity contribution >= 4 is 23.9 Å². The molecule has 1 atom stereocenters. The molecule has 1 unspecified atom stereocenters. The van der Waals surface area contributed by atoms with Crippen molar-refractivity contribution in [2.45, 2.75) is 18.4 Å². The van der Waals surface area contributed by atoms with Gasteiger partial charge in [-0.25, -0.2) is 9.59 Å². The van der Waals surface area contributed by atoms with Crippen LogP contribution in [-0.2, 0) is 14.4 Å². The molecule has 8 N–H and O–H groups in total. The number of nitrogens with zero attached hydrogens (tertiary/aromatic N) is 1. The molecule has 0 rings (SSSR count). The summed E-state index contributed by atoms with van der Waals surface area (Å²) in [5, 5.41) is 43.9. The molecule has 24 heavy (non-hydrogen) atoms. The van der Waals surface area contributed by atoms with Gasteiger partial charge in [0.1, 0.15) is 6.54 Å². The van der Waals surface area contributed by atoms with Crippen molar-refractivity contribution in [3.05, 3.63) is 0 Å². The van der Waals surface area contributed by atoms with Gasteiger partial charge in [-0.3, -0.25) is 4.79 Å². The highest BCUT2D eigenvalue weighted by Crippen LogP contribution is 2.15. The van der Waals surface area contributed by atoms with Crippen LogP contribution in [0, 0.1) is 0 Å². The highest BCUT2D eigenvalue weighted by Gasteiger charge is 2.38. The lowest BCUT2D eigenvalue weighted by molar-refractivity contribution is -0.870. The molecule has 0 saturated heterocycles. The number of urea groups is 1. The van der Waals surface area contributed by atoms with Gasteiger partial charge in [0.15, 0.2) is 5.60 Å². The third-order valence-corrected chi connectivity index (χ3v) is 2.05. The molecule has 0 aromatic carbocycles. The zero-order valence-electron chi connectivity index (χ0n) is 13.8. The van der Waals surface area contributed by atoms with E-state index in [4.69, 9.17) is 25.2 Å². The van der Waals surface area contributed by atoms with Crippen LogP contribution in [0.4, 0.5) is 4.79 Å². The number of hydrogen-bond donors (Lipinski definition) is 6. The summed E-state index contributed by atoms with van der Waals surface area (Å²) in [7, 11) is 6.16. The SMILES string of the molecule is C[N+](C)(C)CCO.NC(N)=O.O=C([O-])CC(O)(CC(=O)O)C(=O)O. The van der Waals surface area contributed by atoms with Crippen LogP contribution < -0.4 is 16.6 Å². The van der Waals surface area contributed by atoms with Gasteiger partial charge in [0.25, 0.3) is 0 Å². The second-order valence-electron chi connectivity index (χ2n) is 5.60. The molecule has 0 radical (unpaired) electrons. The lowest BCUT2D eigenvalue weighted by Gasteiger charge is -2.21. The molecule has 142 valence electrons. The summed E-state index contributed by atoms with van der Waals surface area (Å²) in [4.78, 5) is 39.3. The van der Waals surface area contributed by atoms with Crippen LogP contribution >= 0.6 is 0 Å². The van der Waals surface area contributed by atoms with E-state index in [2.05, 4.69) is 32.6 Å². The first-order valence-electron chi connectivity index (χ1n) is 6.41. The first-order valence-corrected chi connectivity index (χ1v) is 6.41. The first kappa shape index (κ1) is 26.5. The standard InChI is InChI=1S/C6H8O7.C5H14NO.CH4N2O/c7-3(8)1-6(13,5(11)12)2-4(9)10;1-6(2,3)4-5-7;2-1(3)4/h13H,1-2H2,(H,7,8)(H,9,10)(H,11,12);7H,4-5H2,1-3H3;(H4,2,3,4)/q;+1;/p-1. The number of carboxylic acid groups (broad SMARTS) is 3. The van der Waals surface area contributed by atoms with Crippen molar-refractivity contribution in [1.29, 1.82) is 0 Å². The molecule has 0 aliphatic carbocycles. The van der Waals surface area contributed by atoms with Crippen molar-refractivity contribution in [2.75, 3.05) is 34.3 Å². The molecule has 0 saturated carbocycles. The maximum absolute atomic E-state index is 10.3. The largest absolute Gasteiger partial charge is 0.550 e. The van der Waals surface area contributed by atoms with Crippen LogP contribution in [0.5, 0.6) is 0 Å². The minimum Gasteiger partial charge on any atom is -0.550 e. The van der Waals surface area contributed by atoms with Gasteiger partial charge < -0.3 is 46.3 Å². The number of rotatable bonds is 7. The fraction of sp³-hybridized carbons (Fsp3) is 0.667. The van der Waals surface area contributed by atoms with Crippen molar-refractivity contribution < 1.29 is 49.2 Å². The number of likely N-dealkylation sites (N-methyl/N-ethyl adjacent to an activating group) is 1. The number of quaternary nitrogens is 1. The van der Waals surface area contributed by atoms with Crippen LogP contribution in [0.3, 0.4) is 0 Å². The van der Waals surface area contributed by atoms with Crippen molar-refractivity contribution in [3.63, 3.8) is 0 Å². The Morgan fingerprint density at radius 1 is 1.04 bits per heavy atom. The van der Waals surface area contributed by atoms with Crippen molar-refractivity contribution in [3.8, 4) is 0 Å². The van der Waals surface area contributed by atoms with Crippen LogP contribution in [0.2, 0.25) is 0 Å². The number of carboxylic acids is 3. The molecule has 0 heterocycles. The Morgan fingerprint density at radius 2 is 1.42 bits per heavy atom. The Labute approximate surface area is 138 Å². The zero-order valence-corrected chi connectivity index (χ0v) is 13.8. The smallest absolute Gasteiger partial charge is 0.336 e. The second kappa shape index (κ2) is 12.0. The number of nitrogens with two attached hydrogens (primary N) is 2. The lowest BCUT2D eigenvalue weighted by Crippen LogP contribution is -2.45. The normalized spacial score (nSPS) is 12.4. The van der Waals surface area contributed by atoms with E-state index in [0.29, 0.717) is 0 Å². The third kappa shape index (κ3) is 21.9. The summed E-state index contributed by atoms with van der Waals surface area (Å²) < 4.78 is 0.844. The van der Waals surface area contributed by atoms with E-state index in [1.54, 1.807) is 0 Å². The fourth-order valence-electron chi connectivity index (χ4n) is 1.00. The number of primary amides is 2. The summed E-state index contributed by atoms with van der Waals surface area (Å²) in [5.41, 5.74) is 5.70. The summed E-state index contributed by atoms with van der Waals surface area (Å²) in [5.74, 6) is -5.34. The van der Waals surface area contributed by atoms with Gasteiger partial charge >= 0.3 is 18.0 Å². The summed E-state index contributed by atoms with van der Waals surface area (Å²) in [6.07, 6.45) is -2.44. The molecule has 0 bridgehead atoms. The molecule has 12 nitrogen and oxygen atoms in total. The van der Waals surface area contributed by atoms with Gasteiger partial charge in [-0.05, 0) is 0 Å². The van der Waals surface area contributed by atoms with E-state index < -0.39 is 42.4 Å². The van der Waals surface area contributed by atoms with E-state index >= 15 is 0 Å². The van der Waals surface area contributed by atoms with Crippen molar-refractivity contribution in [1.82, 2.24) is 0 Å². The Hall–Kier alpha value is -2.44. The predicted octanol–water partition coefficient (Wildman–Crippen LogP) is -3.87. The Bertz CT molecular complexity index is 412. The number of aliphatic hydroxyl groups is 2. The molecule has 0 aliphatic rings. The maximum Gasteiger partial charge on any atom is 0.336 e. The number of hydrogen-bond acceptors (Lipinski definition) is 7. The van der Waals surface area contributed by atoms with E-state index in [0.717, 1.165) is 11.0 Å². The predicted molar refractivity (Wildman–Crippen MR) is 78.2 cm³/mol. The van der Waals surface area contributed by atoms with Gasteiger partial charge in [0.05, 0.1) is 34.2 Å². The molecular weight excluding hydrogens is 330 g/mol. The molecule has 2 amide bonds. The number of carbonyl (C=O) groups is 4. The average molecular weight is 355 g/mol. The minimum atomic E-state index is -2.80. The Kier molecular flexibility index (Phi) is 13.3. The highest BCUT2D eigenvalue weighted by atomic mass is 16.4. The highest BCUT2D eigenvalue weighted by molar-refractivity contribution is 5.87. The topological polar surface area (TPSA) is 224 Å².